The van der Waals surface area contributed by atoms with Crippen LogP contribution >= 0.6 is 0 Å². The van der Waals surface area contributed by atoms with Gasteiger partial charge in [0.1, 0.15) is 17.6 Å². The first-order valence-corrected chi connectivity index (χ1v) is 8.55. The number of benzene rings is 1. The molecule has 0 bridgehead atoms. The third-order valence-corrected chi connectivity index (χ3v) is 4.37. The van der Waals surface area contributed by atoms with Crippen molar-refractivity contribution in [1.29, 1.82) is 0 Å². The number of aliphatic hydroxyl groups is 1. The van der Waals surface area contributed by atoms with Crippen molar-refractivity contribution in [1.82, 2.24) is 15.0 Å². The predicted octanol–water partition coefficient (Wildman–Crippen LogP) is 4.56. The second-order valence-corrected chi connectivity index (χ2v) is 6.44. The van der Waals surface area contributed by atoms with Crippen molar-refractivity contribution in [2.45, 2.75) is 32.2 Å². The maximum absolute atomic E-state index is 13.4. The van der Waals surface area contributed by atoms with Crippen LogP contribution in [0.15, 0.2) is 42.9 Å². The van der Waals surface area contributed by atoms with Crippen LogP contribution in [0.5, 0.6) is 5.75 Å². The van der Waals surface area contributed by atoms with E-state index in [0.717, 1.165) is 6.07 Å². The summed E-state index contributed by atoms with van der Waals surface area (Å²) in [7, 11) is 0. The molecular weight excluding hydrogens is 397 g/mol. The summed E-state index contributed by atoms with van der Waals surface area (Å²) in [6.45, 7) is -1.63. The van der Waals surface area contributed by atoms with Gasteiger partial charge in [-0.05, 0) is 36.6 Å². The Hall–Kier alpha value is -2.88. The highest BCUT2D eigenvalue weighted by Gasteiger charge is 2.37. The number of pyridine rings is 1. The van der Waals surface area contributed by atoms with Gasteiger partial charge in [-0.15, -0.1) is 0 Å². The van der Waals surface area contributed by atoms with Crippen molar-refractivity contribution in [2.24, 2.45) is 5.92 Å². The molecule has 10 heteroatoms. The molecule has 2 unspecified atom stereocenters. The SMILES string of the molecule is CC(Cc1ccc2c(C(F)(F)F)c(OC(F)F)ccc2n1)C(O)c1ccncn1. The smallest absolute Gasteiger partial charge is 0.420 e. The van der Waals surface area contributed by atoms with Gasteiger partial charge in [0.15, 0.2) is 0 Å². The normalized spacial score (nSPS) is 14.2. The molecule has 0 radical (unpaired) electrons. The fourth-order valence-corrected chi connectivity index (χ4v) is 3.04. The van der Waals surface area contributed by atoms with Gasteiger partial charge in [0.2, 0.25) is 0 Å². The molecule has 0 saturated carbocycles. The summed E-state index contributed by atoms with van der Waals surface area (Å²) in [5, 5.41) is 10.0. The second kappa shape index (κ2) is 8.24. The van der Waals surface area contributed by atoms with Crippen LogP contribution in [0.25, 0.3) is 10.9 Å². The zero-order chi connectivity index (χ0) is 21.2. The zero-order valence-corrected chi connectivity index (χ0v) is 15.1. The number of hydrogen-bond donors (Lipinski definition) is 1. The van der Waals surface area contributed by atoms with Crippen LogP contribution in [0.3, 0.4) is 0 Å². The molecule has 3 aromatic rings. The molecule has 0 fully saturated rings. The minimum absolute atomic E-state index is 0.0137. The summed E-state index contributed by atoms with van der Waals surface area (Å²) in [4.78, 5) is 12.0. The largest absolute Gasteiger partial charge is 0.434 e. The van der Waals surface area contributed by atoms with Gasteiger partial charge in [0.25, 0.3) is 0 Å². The lowest BCUT2D eigenvalue weighted by Gasteiger charge is -2.19. The van der Waals surface area contributed by atoms with Gasteiger partial charge in [-0.25, -0.2) is 9.97 Å². The Labute approximate surface area is 162 Å². The minimum Gasteiger partial charge on any atom is -0.434 e. The van der Waals surface area contributed by atoms with Crippen molar-refractivity contribution in [3.63, 3.8) is 0 Å². The molecule has 0 saturated heterocycles. The van der Waals surface area contributed by atoms with Gasteiger partial charge in [0, 0.05) is 17.3 Å². The molecule has 1 aromatic carbocycles. The fraction of sp³-hybridized carbons (Fsp3) is 0.316. The fourth-order valence-electron chi connectivity index (χ4n) is 3.04. The van der Waals surface area contributed by atoms with Crippen LogP contribution in [-0.2, 0) is 12.6 Å². The summed E-state index contributed by atoms with van der Waals surface area (Å²) in [6.07, 6.45) is -2.76. The number of fused-ring (bicyclic) bond motifs is 1. The highest BCUT2D eigenvalue weighted by atomic mass is 19.4. The molecule has 0 aliphatic heterocycles. The third-order valence-electron chi connectivity index (χ3n) is 4.37. The number of halogens is 5. The molecule has 2 atom stereocenters. The second-order valence-electron chi connectivity index (χ2n) is 6.44. The van der Waals surface area contributed by atoms with E-state index in [0.29, 0.717) is 11.4 Å². The molecule has 154 valence electrons. The van der Waals surface area contributed by atoms with Crippen LogP contribution < -0.4 is 4.74 Å². The van der Waals surface area contributed by atoms with Crippen LogP contribution in [0.4, 0.5) is 22.0 Å². The number of aliphatic hydroxyl groups excluding tert-OH is 1. The van der Waals surface area contributed by atoms with Crippen LogP contribution in [0.1, 0.15) is 30.0 Å². The van der Waals surface area contributed by atoms with Crippen molar-refractivity contribution >= 4 is 10.9 Å². The van der Waals surface area contributed by atoms with E-state index in [1.54, 1.807) is 13.0 Å². The van der Waals surface area contributed by atoms with Gasteiger partial charge in [-0.3, -0.25) is 4.98 Å². The number of alkyl halides is 5. The summed E-state index contributed by atoms with van der Waals surface area (Å²) >= 11 is 0. The predicted molar refractivity (Wildman–Crippen MR) is 93.2 cm³/mol. The van der Waals surface area contributed by atoms with Crippen LogP contribution in [0, 0.1) is 5.92 Å². The Balaban J connectivity index is 1.92. The number of ether oxygens (including phenoxy) is 1. The van der Waals surface area contributed by atoms with E-state index in [9.17, 15) is 27.1 Å². The average molecular weight is 413 g/mol. The lowest BCUT2D eigenvalue weighted by atomic mass is 9.95. The third kappa shape index (κ3) is 4.76. The van der Waals surface area contributed by atoms with Crippen LogP contribution in [-0.4, -0.2) is 26.7 Å². The summed E-state index contributed by atoms with van der Waals surface area (Å²) in [5.74, 6) is -1.29. The molecule has 2 aromatic heterocycles. The Morgan fingerprint density at radius 3 is 2.48 bits per heavy atom. The van der Waals surface area contributed by atoms with E-state index in [-0.39, 0.29) is 23.2 Å². The van der Waals surface area contributed by atoms with E-state index < -0.39 is 30.2 Å². The Bertz CT molecular complexity index is 983. The topological polar surface area (TPSA) is 68.1 Å². The molecule has 0 aliphatic carbocycles. The number of rotatable bonds is 6. The lowest BCUT2D eigenvalue weighted by molar-refractivity contribution is -0.140. The van der Waals surface area contributed by atoms with E-state index in [4.69, 9.17) is 0 Å². The molecule has 1 N–H and O–H groups in total. The molecule has 0 aliphatic rings. The molecule has 0 spiro atoms. The van der Waals surface area contributed by atoms with Gasteiger partial charge in [-0.2, -0.15) is 22.0 Å². The maximum Gasteiger partial charge on any atom is 0.420 e. The van der Waals surface area contributed by atoms with Crippen molar-refractivity contribution < 1.29 is 31.8 Å². The molecule has 0 amide bonds. The molecule has 29 heavy (non-hydrogen) atoms. The number of aromatic nitrogens is 3. The van der Waals surface area contributed by atoms with Gasteiger partial charge in [0.05, 0.1) is 17.3 Å². The first kappa shape index (κ1) is 20.8. The van der Waals surface area contributed by atoms with E-state index >= 15 is 0 Å². The van der Waals surface area contributed by atoms with E-state index in [2.05, 4.69) is 19.7 Å². The highest BCUT2D eigenvalue weighted by Crippen LogP contribution is 2.41. The number of hydrogen-bond acceptors (Lipinski definition) is 5. The summed E-state index contributed by atoms with van der Waals surface area (Å²) in [6, 6.07) is 6.12. The highest BCUT2D eigenvalue weighted by molar-refractivity contribution is 5.85. The first-order chi connectivity index (χ1) is 13.7. The van der Waals surface area contributed by atoms with Gasteiger partial charge >= 0.3 is 12.8 Å². The minimum atomic E-state index is -4.90. The lowest BCUT2D eigenvalue weighted by Crippen LogP contribution is -2.15. The van der Waals surface area contributed by atoms with Gasteiger partial charge < -0.3 is 9.84 Å². The average Bonchev–Trinajstić information content (AvgIpc) is 2.66. The molecular formula is C19H16F5N3O2. The van der Waals surface area contributed by atoms with E-state index in [1.807, 2.05) is 0 Å². The Kier molecular flexibility index (Phi) is 5.92. The molecule has 3 rings (SSSR count). The molecule has 5 nitrogen and oxygen atoms in total. The van der Waals surface area contributed by atoms with Crippen LogP contribution in [0.2, 0.25) is 0 Å². The summed E-state index contributed by atoms with van der Waals surface area (Å²) in [5.41, 5.74) is -0.459. The van der Waals surface area contributed by atoms with Crippen molar-refractivity contribution in [3.8, 4) is 5.75 Å². The standard InChI is InChI=1S/C19H16F5N3O2/c1-10(17(28)14-6-7-25-9-26-14)8-11-2-3-12-13(27-11)4-5-15(29-18(20)21)16(12)19(22,23)24/h2-7,9-10,17-18,28H,8H2,1H3. The summed E-state index contributed by atoms with van der Waals surface area (Å²) < 4.78 is 69.3. The zero-order valence-electron chi connectivity index (χ0n) is 15.1. The molecule has 2 heterocycles. The van der Waals surface area contributed by atoms with Crippen molar-refractivity contribution in [2.75, 3.05) is 0 Å². The number of nitrogens with zero attached hydrogens (tertiary/aromatic N) is 3. The first-order valence-electron chi connectivity index (χ1n) is 8.55. The van der Waals surface area contributed by atoms with Crippen molar-refractivity contribution in [3.05, 3.63) is 59.8 Å². The van der Waals surface area contributed by atoms with Gasteiger partial charge in [-0.1, -0.05) is 13.0 Å². The maximum atomic E-state index is 13.4. The quantitative estimate of drug-likeness (QED) is 0.601. The monoisotopic (exact) mass is 413 g/mol. The Morgan fingerprint density at radius 1 is 1.10 bits per heavy atom. The Morgan fingerprint density at radius 2 is 1.86 bits per heavy atom. The van der Waals surface area contributed by atoms with E-state index in [1.165, 1.54) is 30.7 Å².